The highest BCUT2D eigenvalue weighted by Crippen LogP contribution is 2.45. The van der Waals surface area contributed by atoms with Gasteiger partial charge in [-0.05, 0) is 79.4 Å². The maximum Gasteiger partial charge on any atom is 0.411 e. The van der Waals surface area contributed by atoms with Crippen molar-refractivity contribution in [2.24, 2.45) is 5.92 Å². The van der Waals surface area contributed by atoms with Gasteiger partial charge in [-0.3, -0.25) is 14.8 Å². The molecule has 3 fully saturated rings. The lowest BCUT2D eigenvalue weighted by atomic mass is 9.95. The number of halogens is 2. The largest absolute Gasteiger partial charge is 0.468 e. The van der Waals surface area contributed by atoms with E-state index < -0.39 is 36.9 Å². The predicted octanol–water partition coefficient (Wildman–Crippen LogP) is 11.1. The van der Waals surface area contributed by atoms with Crippen LogP contribution < -0.4 is 14.4 Å². The van der Waals surface area contributed by atoms with Crippen LogP contribution in [-0.2, 0) is 20.8 Å². The summed E-state index contributed by atoms with van der Waals surface area (Å²) in [5.74, 6) is 3.03. The van der Waals surface area contributed by atoms with Crippen molar-refractivity contribution in [3.8, 4) is 34.5 Å². The number of fused-ring (bicyclic) bond motifs is 4. The van der Waals surface area contributed by atoms with Crippen LogP contribution in [0, 0.1) is 29.0 Å². The van der Waals surface area contributed by atoms with Crippen molar-refractivity contribution in [1.29, 1.82) is 0 Å². The second kappa shape index (κ2) is 22.8. The SMILES string of the molecule is COCOc1cc(-c2ncc3c(N4CC5CCC(COC)(C4)N5C(=O)OC(C)(C)C)nc(OC[C@H](C)CN4CCN(Cc5ccccc5)CC4)nc3c2F)c2c(C#C[Si](C(C)C)(C(C)C)C(C)C)c(F)ccc2c1. The maximum absolute atomic E-state index is 18.2. The monoisotopic (exact) mass is 1030 g/mol. The highest BCUT2D eigenvalue weighted by atomic mass is 28.3. The number of rotatable bonds is 17. The Morgan fingerprint density at radius 3 is 2.26 bits per heavy atom. The van der Waals surface area contributed by atoms with Gasteiger partial charge in [-0.25, -0.2) is 13.6 Å². The first-order chi connectivity index (χ1) is 35.3. The third-order valence-corrected chi connectivity index (χ3v) is 21.7. The number of benzene rings is 3. The molecule has 2 aromatic heterocycles. The molecule has 5 aromatic rings. The minimum atomic E-state index is -2.34. The fraction of sp³-hybridized carbons (Fsp3) is 0.552. The van der Waals surface area contributed by atoms with Crippen LogP contribution >= 0.6 is 0 Å². The van der Waals surface area contributed by atoms with Gasteiger partial charge in [-0.15, -0.1) is 5.54 Å². The fourth-order valence-corrected chi connectivity index (χ4v) is 17.3. The lowest BCUT2D eigenvalue weighted by Gasteiger charge is -2.49. The molecule has 398 valence electrons. The van der Waals surface area contributed by atoms with Gasteiger partial charge in [0, 0.05) is 89.6 Å². The molecule has 3 saturated heterocycles. The van der Waals surface area contributed by atoms with Crippen molar-refractivity contribution >= 4 is 41.7 Å². The molecule has 3 atom stereocenters. The van der Waals surface area contributed by atoms with E-state index >= 15 is 8.78 Å². The minimum Gasteiger partial charge on any atom is -0.468 e. The zero-order chi connectivity index (χ0) is 53.1. The highest BCUT2D eigenvalue weighted by Gasteiger charge is 2.55. The van der Waals surface area contributed by atoms with Crippen LogP contribution in [0.3, 0.4) is 0 Å². The molecule has 13 nitrogen and oxygen atoms in total. The number of amides is 1. The van der Waals surface area contributed by atoms with Crippen LogP contribution in [0.1, 0.15) is 93.2 Å². The third kappa shape index (κ3) is 11.5. The number of hydrogen-bond acceptors (Lipinski definition) is 12. The number of piperazine rings is 2. The van der Waals surface area contributed by atoms with Gasteiger partial charge in [0.15, 0.2) is 12.6 Å². The summed E-state index contributed by atoms with van der Waals surface area (Å²) in [6.45, 7) is 27.8. The van der Waals surface area contributed by atoms with Crippen molar-refractivity contribution in [2.45, 2.75) is 122 Å². The maximum atomic E-state index is 18.2. The van der Waals surface area contributed by atoms with Crippen molar-refractivity contribution < 1.29 is 37.3 Å². The molecule has 1 amide bonds. The van der Waals surface area contributed by atoms with Crippen molar-refractivity contribution in [1.82, 2.24) is 29.7 Å². The Labute approximate surface area is 438 Å². The van der Waals surface area contributed by atoms with Gasteiger partial charge >= 0.3 is 12.1 Å². The molecule has 0 aliphatic carbocycles. The number of ether oxygens (including phenoxy) is 5. The van der Waals surface area contributed by atoms with Crippen LogP contribution in [0.25, 0.3) is 32.9 Å². The average molecular weight is 1030 g/mol. The Kier molecular flexibility index (Phi) is 16.9. The summed E-state index contributed by atoms with van der Waals surface area (Å²) in [5.41, 5.74) is 4.87. The molecule has 16 heteroatoms. The van der Waals surface area contributed by atoms with Crippen LogP contribution in [0.15, 0.2) is 60.8 Å². The van der Waals surface area contributed by atoms with Crippen molar-refractivity contribution in [2.75, 3.05) is 84.9 Å². The summed E-state index contributed by atoms with van der Waals surface area (Å²) < 4.78 is 64.3. The molecule has 3 aliphatic rings. The Morgan fingerprint density at radius 1 is 0.892 bits per heavy atom. The Hall–Kier alpha value is -5.44. The topological polar surface area (TPSA) is 115 Å². The van der Waals surface area contributed by atoms with Gasteiger partial charge in [-0.2, -0.15) is 9.97 Å². The molecule has 2 unspecified atom stereocenters. The molecule has 8 rings (SSSR count). The zero-order valence-electron chi connectivity index (χ0n) is 45.7. The molecule has 5 heterocycles. The van der Waals surface area contributed by atoms with Gasteiger partial charge in [0.1, 0.15) is 42.3 Å². The van der Waals surface area contributed by atoms with E-state index in [1.165, 1.54) is 18.7 Å². The minimum absolute atomic E-state index is 0.00820. The summed E-state index contributed by atoms with van der Waals surface area (Å²) >= 11 is 0. The number of anilines is 1. The van der Waals surface area contributed by atoms with E-state index in [1.807, 2.05) is 31.7 Å². The standard InChI is InChI=1S/C58H77F2N7O6Si/c1-38(2)74(39(3)4,40(5)6)27-21-46-49(59)19-18-43-28-45(72-37-70-12)29-47(50(43)46)52-51(60)53-48(30-61-52)54(66-33-44-20-22-58(35-66,36-69-11)67(44)56(68)73-57(8,9)10)63-55(62-53)71-34-41(7)31-64-23-25-65(26-24-64)32-42-16-14-13-15-17-42/h13-19,28-30,38-41,44H,20,22-26,31-37H2,1-12H3/t41-,44?,58?/m1/s1. The third-order valence-electron chi connectivity index (χ3n) is 15.4. The zero-order valence-corrected chi connectivity index (χ0v) is 46.7. The van der Waals surface area contributed by atoms with Gasteiger partial charge < -0.3 is 33.5 Å². The summed E-state index contributed by atoms with van der Waals surface area (Å²) in [7, 11) is 0.814. The number of hydrogen-bond donors (Lipinski definition) is 0. The molecule has 0 N–H and O–H groups in total. The summed E-state index contributed by atoms with van der Waals surface area (Å²) in [5, 5.41) is 1.39. The van der Waals surface area contributed by atoms with Crippen molar-refractivity contribution in [3.63, 3.8) is 0 Å². The van der Waals surface area contributed by atoms with Crippen LogP contribution in [0.4, 0.5) is 19.4 Å². The number of carbonyl (C=O) groups excluding carboxylic acids is 1. The fourth-order valence-electron chi connectivity index (χ4n) is 12.1. The lowest BCUT2D eigenvalue weighted by molar-refractivity contribution is -0.0261. The quantitative estimate of drug-likeness (QED) is 0.0502. The lowest BCUT2D eigenvalue weighted by Crippen LogP contribution is -2.66. The second-order valence-electron chi connectivity index (χ2n) is 22.8. The number of nitrogens with zero attached hydrogens (tertiary/aromatic N) is 7. The molecule has 0 saturated carbocycles. The van der Waals surface area contributed by atoms with E-state index in [4.69, 9.17) is 38.6 Å². The molecular formula is C58H77F2N7O6Si. The number of pyridine rings is 1. The van der Waals surface area contributed by atoms with Crippen molar-refractivity contribution in [3.05, 3.63) is 83.6 Å². The average Bonchev–Trinajstić information content (AvgIpc) is 3.59. The van der Waals surface area contributed by atoms with Gasteiger partial charge in [-0.1, -0.05) is 90.8 Å². The number of carbonyl (C=O) groups is 1. The second-order valence-corrected chi connectivity index (χ2v) is 28.3. The van der Waals surface area contributed by atoms with Crippen LogP contribution in [0.5, 0.6) is 11.8 Å². The van der Waals surface area contributed by atoms with E-state index in [0.29, 0.717) is 75.8 Å². The van der Waals surface area contributed by atoms with Crippen LogP contribution in [-0.4, -0.2) is 141 Å². The molecule has 74 heavy (non-hydrogen) atoms. The number of methoxy groups -OCH3 is 2. The smallest absolute Gasteiger partial charge is 0.411 e. The molecule has 3 aromatic carbocycles. The first-order valence-electron chi connectivity index (χ1n) is 26.4. The van der Waals surface area contributed by atoms with E-state index in [9.17, 15) is 4.79 Å². The summed E-state index contributed by atoms with van der Waals surface area (Å²) in [6.07, 6.45) is 2.58. The summed E-state index contributed by atoms with van der Waals surface area (Å²) in [6, 6.07) is 16.9. The van der Waals surface area contributed by atoms with Gasteiger partial charge in [0.05, 0.1) is 35.7 Å². The predicted molar refractivity (Wildman–Crippen MR) is 291 cm³/mol. The molecule has 0 spiro atoms. The molecule has 3 aliphatic heterocycles. The van der Waals surface area contributed by atoms with E-state index in [0.717, 1.165) is 39.3 Å². The van der Waals surface area contributed by atoms with E-state index in [1.54, 1.807) is 31.5 Å². The Morgan fingerprint density at radius 2 is 1.59 bits per heavy atom. The Bertz CT molecular complexity index is 2820. The number of aromatic nitrogens is 3. The molecule has 2 bridgehead atoms. The van der Waals surface area contributed by atoms with E-state index in [-0.39, 0.29) is 54.8 Å². The highest BCUT2D eigenvalue weighted by molar-refractivity contribution is 6.90. The first kappa shape index (κ1) is 54.8. The Balaban J connectivity index is 1.21. The van der Waals surface area contributed by atoms with Crippen LogP contribution in [0.2, 0.25) is 16.6 Å². The van der Waals surface area contributed by atoms with Gasteiger partial charge in [0.2, 0.25) is 0 Å². The van der Waals surface area contributed by atoms with Gasteiger partial charge in [0.25, 0.3) is 0 Å². The molecular weight excluding hydrogens is 957 g/mol. The summed E-state index contributed by atoms with van der Waals surface area (Å²) in [4.78, 5) is 37.6. The molecule has 0 radical (unpaired) electrons. The first-order valence-corrected chi connectivity index (χ1v) is 28.7. The normalized spacial score (nSPS) is 19.2. The van der Waals surface area contributed by atoms with E-state index in [2.05, 4.69) is 98.9 Å².